The quantitative estimate of drug-likeness (QED) is 0.688. The molecule has 0 fully saturated rings. The van der Waals surface area contributed by atoms with E-state index in [-0.39, 0.29) is 0 Å². The van der Waals surface area contributed by atoms with Crippen molar-refractivity contribution >= 4 is 11.6 Å². The Bertz CT molecular complexity index is 446. The van der Waals surface area contributed by atoms with Gasteiger partial charge in [0.1, 0.15) is 6.04 Å². The SMILES string of the molecule is NC(C(=O)O)c1cn2ccncc2n1. The Morgan fingerprint density at radius 1 is 1.64 bits per heavy atom. The number of carboxylic acids is 1. The minimum Gasteiger partial charge on any atom is -0.480 e. The molecule has 0 aliphatic carbocycles. The van der Waals surface area contributed by atoms with Gasteiger partial charge in [0, 0.05) is 18.6 Å². The molecule has 0 radical (unpaired) electrons. The fourth-order valence-corrected chi connectivity index (χ4v) is 1.14. The van der Waals surface area contributed by atoms with Crippen molar-refractivity contribution in [1.29, 1.82) is 0 Å². The molecular formula is C8H8N4O2. The number of nitrogens with two attached hydrogens (primary N) is 1. The van der Waals surface area contributed by atoms with Crippen LogP contribution in [0.1, 0.15) is 11.7 Å². The second-order valence-corrected chi connectivity index (χ2v) is 2.82. The highest BCUT2D eigenvalue weighted by molar-refractivity contribution is 5.74. The van der Waals surface area contributed by atoms with Gasteiger partial charge >= 0.3 is 5.97 Å². The summed E-state index contributed by atoms with van der Waals surface area (Å²) < 4.78 is 1.67. The van der Waals surface area contributed by atoms with Crippen molar-refractivity contribution in [2.45, 2.75) is 6.04 Å². The first kappa shape index (κ1) is 8.64. The van der Waals surface area contributed by atoms with E-state index in [9.17, 15) is 4.79 Å². The summed E-state index contributed by atoms with van der Waals surface area (Å²) in [4.78, 5) is 18.5. The lowest BCUT2D eigenvalue weighted by Crippen LogP contribution is -2.20. The summed E-state index contributed by atoms with van der Waals surface area (Å²) in [6.45, 7) is 0. The first-order valence-corrected chi connectivity index (χ1v) is 3.95. The van der Waals surface area contributed by atoms with Gasteiger partial charge < -0.3 is 15.2 Å². The highest BCUT2D eigenvalue weighted by Gasteiger charge is 2.17. The normalized spacial score (nSPS) is 12.9. The van der Waals surface area contributed by atoms with Crippen LogP contribution in [-0.2, 0) is 4.79 Å². The molecule has 72 valence electrons. The summed E-state index contributed by atoms with van der Waals surface area (Å²) in [5.41, 5.74) is 6.31. The molecule has 1 atom stereocenters. The molecule has 6 heteroatoms. The smallest absolute Gasteiger partial charge is 0.326 e. The topological polar surface area (TPSA) is 93.5 Å². The van der Waals surface area contributed by atoms with Crippen LogP contribution >= 0.6 is 0 Å². The Hall–Kier alpha value is -1.95. The Kier molecular flexibility index (Phi) is 1.90. The number of carbonyl (C=O) groups is 1. The molecule has 14 heavy (non-hydrogen) atoms. The molecule has 0 aromatic carbocycles. The zero-order valence-corrected chi connectivity index (χ0v) is 7.16. The van der Waals surface area contributed by atoms with Gasteiger partial charge in [-0.1, -0.05) is 0 Å². The third-order valence-corrected chi connectivity index (χ3v) is 1.87. The number of nitrogens with zero attached hydrogens (tertiary/aromatic N) is 3. The van der Waals surface area contributed by atoms with Crippen molar-refractivity contribution in [3.63, 3.8) is 0 Å². The first-order valence-electron chi connectivity index (χ1n) is 3.95. The number of aliphatic carboxylic acids is 1. The fourth-order valence-electron chi connectivity index (χ4n) is 1.14. The van der Waals surface area contributed by atoms with Gasteiger partial charge in [0.15, 0.2) is 5.65 Å². The van der Waals surface area contributed by atoms with Crippen molar-refractivity contribution in [3.8, 4) is 0 Å². The Morgan fingerprint density at radius 3 is 3.07 bits per heavy atom. The number of fused-ring (bicyclic) bond motifs is 1. The molecule has 3 N–H and O–H groups in total. The van der Waals surface area contributed by atoms with E-state index in [1.807, 2.05) is 0 Å². The van der Waals surface area contributed by atoms with E-state index in [0.29, 0.717) is 11.3 Å². The number of aromatic nitrogens is 3. The molecule has 6 nitrogen and oxygen atoms in total. The van der Waals surface area contributed by atoms with Gasteiger partial charge in [-0.3, -0.25) is 9.78 Å². The molecule has 2 aromatic rings. The third kappa shape index (κ3) is 1.31. The predicted molar refractivity (Wildman–Crippen MR) is 47.6 cm³/mol. The molecule has 0 amide bonds. The summed E-state index contributed by atoms with van der Waals surface area (Å²) >= 11 is 0. The summed E-state index contributed by atoms with van der Waals surface area (Å²) in [6, 6.07) is -1.09. The molecule has 1 unspecified atom stereocenters. The predicted octanol–water partition coefficient (Wildman–Crippen LogP) is -0.186. The lowest BCUT2D eigenvalue weighted by molar-refractivity contribution is -0.138. The van der Waals surface area contributed by atoms with Crippen LogP contribution in [0.15, 0.2) is 24.8 Å². The van der Waals surface area contributed by atoms with Gasteiger partial charge in [-0.25, -0.2) is 4.98 Å². The van der Waals surface area contributed by atoms with Crippen LogP contribution in [0.5, 0.6) is 0 Å². The minimum absolute atomic E-state index is 0.325. The molecule has 0 aliphatic rings. The molecule has 0 saturated heterocycles. The first-order chi connectivity index (χ1) is 6.68. The fraction of sp³-hybridized carbons (Fsp3) is 0.125. The molecule has 0 bridgehead atoms. The monoisotopic (exact) mass is 192 g/mol. The van der Waals surface area contributed by atoms with Crippen LogP contribution in [0.2, 0.25) is 0 Å². The summed E-state index contributed by atoms with van der Waals surface area (Å²) in [5.74, 6) is -1.10. The largest absolute Gasteiger partial charge is 0.480 e. The average molecular weight is 192 g/mol. The van der Waals surface area contributed by atoms with Crippen molar-refractivity contribution in [1.82, 2.24) is 14.4 Å². The summed E-state index contributed by atoms with van der Waals surface area (Å²) in [7, 11) is 0. The maximum Gasteiger partial charge on any atom is 0.326 e. The maximum absolute atomic E-state index is 10.6. The van der Waals surface area contributed by atoms with E-state index in [0.717, 1.165) is 0 Å². The molecule has 2 aromatic heterocycles. The Labute approximate surface area is 79.0 Å². The second-order valence-electron chi connectivity index (χ2n) is 2.82. The molecule has 0 aliphatic heterocycles. The van der Waals surface area contributed by atoms with Gasteiger partial charge in [0.25, 0.3) is 0 Å². The zero-order chi connectivity index (χ0) is 10.1. The van der Waals surface area contributed by atoms with Crippen LogP contribution in [0.4, 0.5) is 0 Å². The second kappa shape index (κ2) is 3.08. The number of hydrogen-bond donors (Lipinski definition) is 2. The Balaban J connectivity index is 2.50. The standard InChI is InChI=1S/C8H8N4O2/c9-7(8(13)14)5-4-12-2-1-10-3-6(12)11-5/h1-4,7H,9H2,(H,13,14). The number of carboxylic acid groups (broad SMARTS) is 1. The number of imidazole rings is 1. The van der Waals surface area contributed by atoms with Gasteiger partial charge in [0.2, 0.25) is 0 Å². The molecule has 2 heterocycles. The van der Waals surface area contributed by atoms with Crippen molar-refractivity contribution < 1.29 is 9.90 Å². The maximum atomic E-state index is 10.6. The Morgan fingerprint density at radius 2 is 2.43 bits per heavy atom. The van der Waals surface area contributed by atoms with E-state index >= 15 is 0 Å². The van der Waals surface area contributed by atoms with E-state index in [1.54, 1.807) is 23.0 Å². The highest BCUT2D eigenvalue weighted by atomic mass is 16.4. The highest BCUT2D eigenvalue weighted by Crippen LogP contribution is 2.10. The van der Waals surface area contributed by atoms with Crippen LogP contribution in [0, 0.1) is 0 Å². The van der Waals surface area contributed by atoms with Crippen molar-refractivity contribution in [2.24, 2.45) is 5.73 Å². The van der Waals surface area contributed by atoms with E-state index in [1.165, 1.54) is 6.20 Å². The van der Waals surface area contributed by atoms with E-state index in [2.05, 4.69) is 9.97 Å². The van der Waals surface area contributed by atoms with Crippen LogP contribution in [0.25, 0.3) is 5.65 Å². The summed E-state index contributed by atoms with van der Waals surface area (Å²) in [5, 5.41) is 8.67. The number of hydrogen-bond acceptors (Lipinski definition) is 4. The van der Waals surface area contributed by atoms with Crippen LogP contribution < -0.4 is 5.73 Å². The van der Waals surface area contributed by atoms with Crippen LogP contribution in [0.3, 0.4) is 0 Å². The van der Waals surface area contributed by atoms with Crippen molar-refractivity contribution in [3.05, 3.63) is 30.5 Å². The van der Waals surface area contributed by atoms with Crippen LogP contribution in [-0.4, -0.2) is 25.4 Å². The van der Waals surface area contributed by atoms with E-state index in [4.69, 9.17) is 10.8 Å². The minimum atomic E-state index is -1.10. The molecular weight excluding hydrogens is 184 g/mol. The van der Waals surface area contributed by atoms with Gasteiger partial charge in [-0.2, -0.15) is 0 Å². The van der Waals surface area contributed by atoms with Gasteiger partial charge in [-0.05, 0) is 0 Å². The lowest BCUT2D eigenvalue weighted by atomic mass is 10.2. The van der Waals surface area contributed by atoms with E-state index < -0.39 is 12.0 Å². The number of rotatable bonds is 2. The average Bonchev–Trinajstić information content (AvgIpc) is 2.59. The third-order valence-electron chi connectivity index (χ3n) is 1.87. The van der Waals surface area contributed by atoms with Crippen molar-refractivity contribution in [2.75, 3.05) is 0 Å². The van der Waals surface area contributed by atoms with Gasteiger partial charge in [-0.15, -0.1) is 0 Å². The molecule has 0 spiro atoms. The molecule has 2 rings (SSSR count). The lowest BCUT2D eigenvalue weighted by Gasteiger charge is -1.99. The molecule has 0 saturated carbocycles. The van der Waals surface area contributed by atoms with Gasteiger partial charge in [0.05, 0.1) is 11.9 Å². The summed E-state index contributed by atoms with van der Waals surface area (Å²) in [6.07, 6.45) is 6.39. The zero-order valence-electron chi connectivity index (χ0n) is 7.16.